The first-order valence-corrected chi connectivity index (χ1v) is 12.9. The third kappa shape index (κ3) is 6.30. The number of carbonyl (C=O) groups excluding carboxylic acids is 2. The van der Waals surface area contributed by atoms with Crippen molar-refractivity contribution in [2.75, 3.05) is 11.9 Å². The van der Waals surface area contributed by atoms with Crippen LogP contribution in [0.3, 0.4) is 0 Å². The largest absolute Gasteiger partial charge is 0.325 e. The molecule has 0 fully saturated rings. The van der Waals surface area contributed by atoms with Crippen LogP contribution in [0.4, 0.5) is 5.95 Å². The minimum Gasteiger partial charge on any atom is -0.325 e. The van der Waals surface area contributed by atoms with Crippen LogP contribution in [0.1, 0.15) is 27.0 Å². The molecule has 0 bridgehead atoms. The SMILES string of the molecule is Cc1ccc(C(=O)N(CC(=O)Nc2nc(-c3ccccc3)cn2-c2ccc(C)cc2)Cc2ccccc2)cc1. The number of hydrogen-bond acceptors (Lipinski definition) is 3. The van der Waals surface area contributed by atoms with Crippen molar-refractivity contribution in [3.05, 3.63) is 138 Å². The zero-order valence-corrected chi connectivity index (χ0v) is 22.0. The molecule has 5 rings (SSSR count). The number of carbonyl (C=O) groups is 2. The quantitative estimate of drug-likeness (QED) is 0.259. The lowest BCUT2D eigenvalue weighted by atomic mass is 10.1. The van der Waals surface area contributed by atoms with E-state index >= 15 is 0 Å². The Morgan fingerprint density at radius 3 is 2.00 bits per heavy atom. The van der Waals surface area contributed by atoms with Crippen molar-refractivity contribution in [2.45, 2.75) is 20.4 Å². The fourth-order valence-corrected chi connectivity index (χ4v) is 4.34. The van der Waals surface area contributed by atoms with Crippen molar-refractivity contribution < 1.29 is 9.59 Å². The van der Waals surface area contributed by atoms with Gasteiger partial charge in [0.25, 0.3) is 5.91 Å². The molecule has 0 aliphatic heterocycles. The summed E-state index contributed by atoms with van der Waals surface area (Å²) < 4.78 is 1.86. The van der Waals surface area contributed by atoms with E-state index in [2.05, 4.69) is 5.32 Å². The van der Waals surface area contributed by atoms with Gasteiger partial charge in [-0.2, -0.15) is 0 Å². The Hall–Kier alpha value is -4.97. The van der Waals surface area contributed by atoms with Crippen LogP contribution in [-0.2, 0) is 11.3 Å². The monoisotopic (exact) mass is 514 g/mol. The van der Waals surface area contributed by atoms with Crippen LogP contribution in [-0.4, -0.2) is 32.8 Å². The number of nitrogens with zero attached hydrogens (tertiary/aromatic N) is 3. The van der Waals surface area contributed by atoms with Gasteiger partial charge in [-0.25, -0.2) is 4.98 Å². The van der Waals surface area contributed by atoms with Gasteiger partial charge in [0, 0.05) is 29.6 Å². The highest BCUT2D eigenvalue weighted by atomic mass is 16.2. The molecule has 0 radical (unpaired) electrons. The number of aromatic nitrogens is 2. The molecule has 0 unspecified atom stereocenters. The maximum absolute atomic E-state index is 13.5. The van der Waals surface area contributed by atoms with E-state index in [4.69, 9.17) is 4.98 Å². The van der Waals surface area contributed by atoms with Crippen LogP contribution in [0.5, 0.6) is 0 Å². The summed E-state index contributed by atoms with van der Waals surface area (Å²) in [5, 5.41) is 2.96. The Balaban J connectivity index is 1.43. The van der Waals surface area contributed by atoms with E-state index in [9.17, 15) is 9.59 Å². The molecular weight excluding hydrogens is 484 g/mol. The number of nitrogens with one attached hydrogen (secondary N) is 1. The topological polar surface area (TPSA) is 67.2 Å². The molecule has 0 atom stereocenters. The van der Waals surface area contributed by atoms with Gasteiger partial charge in [-0.15, -0.1) is 0 Å². The second kappa shape index (κ2) is 11.6. The van der Waals surface area contributed by atoms with E-state index in [1.54, 1.807) is 17.0 Å². The molecule has 0 aliphatic rings. The predicted molar refractivity (Wildman–Crippen MR) is 155 cm³/mol. The van der Waals surface area contributed by atoms with Crippen molar-refractivity contribution in [3.63, 3.8) is 0 Å². The zero-order chi connectivity index (χ0) is 27.2. The Morgan fingerprint density at radius 2 is 1.36 bits per heavy atom. The lowest BCUT2D eigenvalue weighted by Crippen LogP contribution is -2.38. The van der Waals surface area contributed by atoms with Crippen molar-refractivity contribution >= 4 is 17.8 Å². The number of amides is 2. The molecule has 0 saturated carbocycles. The second-order valence-electron chi connectivity index (χ2n) is 9.58. The van der Waals surface area contributed by atoms with Gasteiger partial charge in [0.1, 0.15) is 6.54 Å². The predicted octanol–water partition coefficient (Wildman–Crippen LogP) is 6.44. The van der Waals surface area contributed by atoms with Crippen molar-refractivity contribution in [3.8, 4) is 16.9 Å². The molecule has 6 heteroatoms. The van der Waals surface area contributed by atoms with Gasteiger partial charge in [-0.1, -0.05) is 96.1 Å². The summed E-state index contributed by atoms with van der Waals surface area (Å²) in [7, 11) is 0. The lowest BCUT2D eigenvalue weighted by Gasteiger charge is -2.22. The molecule has 194 valence electrons. The van der Waals surface area contributed by atoms with Gasteiger partial charge < -0.3 is 4.90 Å². The second-order valence-corrected chi connectivity index (χ2v) is 9.58. The number of aryl methyl sites for hydroxylation is 2. The Kier molecular flexibility index (Phi) is 7.64. The first-order chi connectivity index (χ1) is 19.0. The van der Waals surface area contributed by atoms with Crippen molar-refractivity contribution in [1.29, 1.82) is 0 Å². The summed E-state index contributed by atoms with van der Waals surface area (Å²) in [4.78, 5) is 33.2. The average molecular weight is 515 g/mol. The fourth-order valence-electron chi connectivity index (χ4n) is 4.34. The molecule has 0 saturated heterocycles. The van der Waals surface area contributed by atoms with Crippen LogP contribution in [0.25, 0.3) is 16.9 Å². The molecule has 4 aromatic carbocycles. The number of anilines is 1. The standard InChI is InChI=1S/C33H30N4O2/c1-24-13-17-28(18-14-24)32(39)36(21-26-9-5-3-6-10-26)23-31(38)35-33-34-30(27-11-7-4-8-12-27)22-37(33)29-19-15-25(2)16-20-29/h3-20,22H,21,23H2,1-2H3,(H,34,35,38). The Labute approximate surface area is 228 Å². The molecular formula is C33H30N4O2. The molecule has 2 amide bonds. The van der Waals surface area contributed by atoms with Gasteiger partial charge >= 0.3 is 0 Å². The fraction of sp³-hybridized carbons (Fsp3) is 0.121. The molecule has 5 aromatic rings. The van der Waals surface area contributed by atoms with Crippen LogP contribution in [0, 0.1) is 13.8 Å². The summed E-state index contributed by atoms with van der Waals surface area (Å²) in [6.45, 7) is 4.19. The lowest BCUT2D eigenvalue weighted by molar-refractivity contribution is -0.117. The van der Waals surface area contributed by atoms with Gasteiger partial charge in [-0.3, -0.25) is 19.5 Å². The summed E-state index contributed by atoms with van der Waals surface area (Å²) in [5.41, 5.74) is 6.25. The Bertz CT molecular complexity index is 1560. The maximum atomic E-state index is 13.5. The summed E-state index contributed by atoms with van der Waals surface area (Å²) in [5.74, 6) is -0.143. The molecule has 0 spiro atoms. The average Bonchev–Trinajstić information content (AvgIpc) is 3.37. The van der Waals surface area contributed by atoms with E-state index in [0.717, 1.165) is 33.6 Å². The Morgan fingerprint density at radius 1 is 0.769 bits per heavy atom. The highest BCUT2D eigenvalue weighted by Crippen LogP contribution is 2.24. The van der Waals surface area contributed by atoms with Crippen molar-refractivity contribution in [2.24, 2.45) is 0 Å². The van der Waals surface area contributed by atoms with Gasteiger partial charge in [0.05, 0.1) is 5.69 Å². The van der Waals surface area contributed by atoms with Crippen LogP contribution < -0.4 is 5.32 Å². The maximum Gasteiger partial charge on any atom is 0.254 e. The van der Waals surface area contributed by atoms with Gasteiger partial charge in [0.2, 0.25) is 11.9 Å². The zero-order valence-electron chi connectivity index (χ0n) is 22.0. The molecule has 0 aliphatic carbocycles. The van der Waals surface area contributed by atoms with Crippen molar-refractivity contribution in [1.82, 2.24) is 14.5 Å². The molecule has 39 heavy (non-hydrogen) atoms. The normalized spacial score (nSPS) is 10.7. The summed E-state index contributed by atoms with van der Waals surface area (Å²) >= 11 is 0. The van der Waals surface area contributed by atoms with E-state index in [-0.39, 0.29) is 18.4 Å². The molecule has 1 heterocycles. The third-order valence-corrected chi connectivity index (χ3v) is 6.48. The smallest absolute Gasteiger partial charge is 0.254 e. The highest BCUT2D eigenvalue weighted by molar-refractivity contribution is 5.99. The summed E-state index contributed by atoms with van der Waals surface area (Å²) in [6.07, 6.45) is 1.91. The van der Waals surface area contributed by atoms with E-state index in [1.165, 1.54) is 0 Å². The number of imidazole rings is 1. The summed E-state index contributed by atoms with van der Waals surface area (Å²) in [6, 6.07) is 34.9. The van der Waals surface area contributed by atoms with E-state index in [1.807, 2.05) is 122 Å². The van der Waals surface area contributed by atoms with E-state index < -0.39 is 0 Å². The minimum atomic E-state index is -0.329. The van der Waals surface area contributed by atoms with Gasteiger partial charge in [0.15, 0.2) is 0 Å². The number of benzene rings is 4. The van der Waals surface area contributed by atoms with Crippen LogP contribution in [0.2, 0.25) is 0 Å². The van der Waals surface area contributed by atoms with Crippen LogP contribution >= 0.6 is 0 Å². The molecule has 6 nitrogen and oxygen atoms in total. The van der Waals surface area contributed by atoms with E-state index in [0.29, 0.717) is 18.1 Å². The van der Waals surface area contributed by atoms with Gasteiger partial charge in [-0.05, 0) is 43.7 Å². The number of rotatable bonds is 8. The first kappa shape index (κ1) is 25.7. The van der Waals surface area contributed by atoms with Crippen LogP contribution in [0.15, 0.2) is 115 Å². The number of hydrogen-bond donors (Lipinski definition) is 1. The first-order valence-electron chi connectivity index (χ1n) is 12.9. The third-order valence-electron chi connectivity index (χ3n) is 6.48. The molecule has 1 N–H and O–H groups in total. The molecule has 1 aromatic heterocycles. The minimum absolute atomic E-state index is 0.122. The highest BCUT2D eigenvalue weighted by Gasteiger charge is 2.21.